The minimum absolute atomic E-state index is 0.117. The van der Waals surface area contributed by atoms with Gasteiger partial charge in [0.15, 0.2) is 0 Å². The molecule has 0 radical (unpaired) electrons. The second-order valence-electron chi connectivity index (χ2n) is 5.59. The van der Waals surface area contributed by atoms with Gasteiger partial charge in [0.1, 0.15) is 6.04 Å². The number of hydrogen-bond acceptors (Lipinski definition) is 7. The second-order valence-corrected chi connectivity index (χ2v) is 5.59. The van der Waals surface area contributed by atoms with E-state index in [1.54, 1.807) is 4.90 Å². The van der Waals surface area contributed by atoms with Crippen molar-refractivity contribution in [1.82, 2.24) is 25.2 Å². The highest BCUT2D eigenvalue weighted by Gasteiger charge is 2.30. The Labute approximate surface area is 138 Å². The molecule has 11 heteroatoms. The molecule has 1 aliphatic heterocycles. The maximum Gasteiger partial charge on any atom is 0.306 e. The Hall–Kier alpha value is -2.53. The summed E-state index contributed by atoms with van der Waals surface area (Å²) in [5.41, 5.74) is 11.2. The van der Waals surface area contributed by atoms with Gasteiger partial charge in [-0.3, -0.25) is 14.4 Å². The number of piperazine rings is 1. The lowest BCUT2D eigenvalue weighted by molar-refractivity contribution is -0.144. The van der Waals surface area contributed by atoms with Crippen LogP contribution in [0.25, 0.3) is 0 Å². The van der Waals surface area contributed by atoms with Gasteiger partial charge in [-0.25, -0.2) is 4.68 Å². The van der Waals surface area contributed by atoms with Gasteiger partial charge in [-0.1, -0.05) is 5.21 Å². The number of nitrogens with zero attached hydrogens (tertiary/aromatic N) is 4. The first-order valence-electron chi connectivity index (χ1n) is 7.55. The molecule has 2 atom stereocenters. The van der Waals surface area contributed by atoms with Gasteiger partial charge in [0.2, 0.25) is 11.8 Å². The number of carbonyl (C=O) groups excluding carboxylic acids is 2. The molecule has 2 amide bonds. The Balaban J connectivity index is 2.18. The molecule has 1 unspecified atom stereocenters. The molecule has 0 spiro atoms. The largest absolute Gasteiger partial charge is 0.481 e. The minimum atomic E-state index is -1.12. The number of hydrogen-bond donors (Lipinski definition) is 4. The van der Waals surface area contributed by atoms with E-state index in [0.717, 1.165) is 0 Å². The van der Waals surface area contributed by atoms with Crippen molar-refractivity contribution >= 4 is 17.8 Å². The highest BCUT2D eigenvalue weighted by atomic mass is 16.4. The average Bonchev–Trinajstić information content (AvgIpc) is 3.02. The highest BCUT2D eigenvalue weighted by molar-refractivity contribution is 5.84. The van der Waals surface area contributed by atoms with E-state index in [9.17, 15) is 14.4 Å². The molecular formula is C13H21N7O4. The van der Waals surface area contributed by atoms with Crippen molar-refractivity contribution in [2.75, 3.05) is 26.2 Å². The van der Waals surface area contributed by atoms with Crippen molar-refractivity contribution in [3.05, 3.63) is 11.9 Å². The summed E-state index contributed by atoms with van der Waals surface area (Å²) < 4.78 is 1.19. The fraction of sp³-hybridized carbons (Fsp3) is 0.615. The van der Waals surface area contributed by atoms with Crippen molar-refractivity contribution in [1.29, 1.82) is 0 Å². The van der Waals surface area contributed by atoms with Gasteiger partial charge in [0.05, 0.1) is 24.4 Å². The van der Waals surface area contributed by atoms with Crippen molar-refractivity contribution in [3.63, 3.8) is 0 Å². The lowest BCUT2D eigenvalue weighted by atomic mass is 10.1. The summed E-state index contributed by atoms with van der Waals surface area (Å²) in [5, 5.41) is 19.9. The first-order chi connectivity index (χ1) is 11.4. The third-order valence-electron chi connectivity index (χ3n) is 3.73. The van der Waals surface area contributed by atoms with Crippen LogP contribution in [0.3, 0.4) is 0 Å². The van der Waals surface area contributed by atoms with Crippen LogP contribution in [0, 0.1) is 0 Å². The number of carbonyl (C=O) groups is 3. The first-order valence-corrected chi connectivity index (χ1v) is 7.55. The Morgan fingerprint density at radius 1 is 1.29 bits per heavy atom. The Kier molecular flexibility index (Phi) is 5.82. The quantitative estimate of drug-likeness (QED) is 0.426. The van der Waals surface area contributed by atoms with Crippen molar-refractivity contribution < 1.29 is 19.5 Å². The highest BCUT2D eigenvalue weighted by Crippen LogP contribution is 2.18. The van der Waals surface area contributed by atoms with E-state index >= 15 is 0 Å². The fourth-order valence-corrected chi connectivity index (χ4v) is 2.49. The van der Waals surface area contributed by atoms with E-state index in [1.807, 2.05) is 0 Å². The zero-order chi connectivity index (χ0) is 17.7. The van der Waals surface area contributed by atoms with Crippen molar-refractivity contribution in [3.8, 4) is 0 Å². The van der Waals surface area contributed by atoms with Gasteiger partial charge < -0.3 is 26.8 Å². The number of aromatic nitrogens is 3. The predicted octanol–water partition coefficient (Wildman–Crippen LogP) is -2.40. The molecule has 2 rings (SSSR count). The molecule has 6 N–H and O–H groups in total. The monoisotopic (exact) mass is 339 g/mol. The van der Waals surface area contributed by atoms with Crippen LogP contribution in [0.5, 0.6) is 0 Å². The van der Waals surface area contributed by atoms with Crippen LogP contribution in [-0.4, -0.2) is 69.0 Å². The van der Waals surface area contributed by atoms with Crippen LogP contribution >= 0.6 is 0 Å². The van der Waals surface area contributed by atoms with E-state index in [4.69, 9.17) is 16.6 Å². The molecular weight excluding hydrogens is 318 g/mol. The van der Waals surface area contributed by atoms with Crippen LogP contribution in [-0.2, 0) is 14.4 Å². The smallest absolute Gasteiger partial charge is 0.306 e. The van der Waals surface area contributed by atoms with E-state index in [-0.39, 0.29) is 18.0 Å². The van der Waals surface area contributed by atoms with Crippen LogP contribution in [0.1, 0.15) is 30.6 Å². The predicted molar refractivity (Wildman–Crippen MR) is 81.5 cm³/mol. The number of aliphatic carboxylic acids is 1. The Morgan fingerprint density at radius 2 is 1.96 bits per heavy atom. The van der Waals surface area contributed by atoms with Crippen LogP contribution in [0.4, 0.5) is 0 Å². The molecule has 1 fully saturated rings. The topological polar surface area (TPSA) is 169 Å². The fourth-order valence-electron chi connectivity index (χ4n) is 2.49. The molecule has 24 heavy (non-hydrogen) atoms. The molecule has 11 nitrogen and oxygen atoms in total. The third-order valence-corrected chi connectivity index (χ3v) is 3.73. The number of carboxylic acids is 1. The second kappa shape index (κ2) is 7.84. The molecule has 2 heterocycles. The van der Waals surface area contributed by atoms with Crippen LogP contribution in [0.15, 0.2) is 6.20 Å². The minimum Gasteiger partial charge on any atom is -0.481 e. The molecule has 1 aliphatic rings. The number of amides is 2. The summed E-state index contributed by atoms with van der Waals surface area (Å²) >= 11 is 0. The van der Waals surface area contributed by atoms with Gasteiger partial charge in [0, 0.05) is 32.6 Å². The van der Waals surface area contributed by atoms with Gasteiger partial charge in [-0.15, -0.1) is 5.10 Å². The van der Waals surface area contributed by atoms with Crippen molar-refractivity contribution in [2.24, 2.45) is 11.5 Å². The van der Waals surface area contributed by atoms with Crippen LogP contribution in [0.2, 0.25) is 0 Å². The zero-order valence-corrected chi connectivity index (χ0v) is 13.1. The number of nitrogens with one attached hydrogen (secondary N) is 1. The summed E-state index contributed by atoms with van der Waals surface area (Å²) in [6, 6.07) is -1.77. The molecule has 132 valence electrons. The number of carboxylic acid groups (broad SMARTS) is 1. The Bertz CT molecular complexity index is 611. The third kappa shape index (κ3) is 4.49. The maximum atomic E-state index is 12.6. The summed E-state index contributed by atoms with van der Waals surface area (Å²) in [6.45, 7) is 2.30. The lowest BCUT2D eigenvalue weighted by Gasteiger charge is -2.30. The summed E-state index contributed by atoms with van der Waals surface area (Å²) in [7, 11) is 0. The molecule has 1 aromatic heterocycles. The summed E-state index contributed by atoms with van der Waals surface area (Å²) in [5.74, 6) is -2.04. The van der Waals surface area contributed by atoms with E-state index in [2.05, 4.69) is 15.6 Å². The van der Waals surface area contributed by atoms with E-state index < -0.39 is 30.4 Å². The molecule has 0 saturated carbocycles. The summed E-state index contributed by atoms with van der Waals surface area (Å²) in [6.07, 6.45) is 0.853. The van der Waals surface area contributed by atoms with E-state index in [0.29, 0.717) is 26.2 Å². The van der Waals surface area contributed by atoms with Crippen LogP contribution < -0.4 is 16.8 Å². The standard InChI is InChI=1S/C13H21N7O4/c14-8(5-11(15)21)9-7-20(18-17-9)10(6-12(22)23)13(24)19-3-1-16-2-4-19/h7-8,10,16H,1-6,14H2,(H2,15,21)(H,22,23)/t8?,10-/m0/s1. The van der Waals surface area contributed by atoms with Gasteiger partial charge >= 0.3 is 5.97 Å². The average molecular weight is 339 g/mol. The molecule has 1 aromatic rings. The molecule has 1 saturated heterocycles. The normalized spacial score (nSPS) is 17.3. The number of rotatable bonds is 7. The first kappa shape index (κ1) is 17.8. The zero-order valence-electron chi connectivity index (χ0n) is 13.1. The maximum absolute atomic E-state index is 12.6. The molecule has 0 aliphatic carbocycles. The SMILES string of the molecule is NC(=O)CC(N)c1cn([C@@H](CC(=O)O)C(=O)N2CCNCC2)nn1. The number of primary amides is 1. The molecule has 0 aromatic carbocycles. The van der Waals surface area contributed by atoms with Crippen molar-refractivity contribution in [2.45, 2.75) is 24.9 Å². The van der Waals surface area contributed by atoms with Gasteiger partial charge in [0.25, 0.3) is 0 Å². The number of nitrogens with two attached hydrogens (primary N) is 2. The summed E-state index contributed by atoms with van der Waals surface area (Å²) in [4.78, 5) is 36.3. The lowest BCUT2D eigenvalue weighted by Crippen LogP contribution is -2.49. The van der Waals surface area contributed by atoms with Gasteiger partial charge in [-0.2, -0.15) is 0 Å². The van der Waals surface area contributed by atoms with Gasteiger partial charge in [-0.05, 0) is 0 Å². The Morgan fingerprint density at radius 3 is 2.54 bits per heavy atom. The molecule has 0 bridgehead atoms. The van der Waals surface area contributed by atoms with E-state index in [1.165, 1.54) is 10.9 Å².